The molecule has 1 fully saturated rings. The van der Waals surface area contributed by atoms with Crippen molar-refractivity contribution in [1.82, 2.24) is 10.6 Å². The number of piperidine rings is 1. The van der Waals surface area contributed by atoms with Gasteiger partial charge in [0.05, 0.1) is 34.0 Å². The minimum Gasteiger partial charge on any atom is -0.465 e. The molecule has 1 aliphatic heterocycles. The van der Waals surface area contributed by atoms with Crippen LogP contribution in [-0.2, 0) is 10.3 Å². The predicted octanol–water partition coefficient (Wildman–Crippen LogP) is 2.38. The number of rotatable bonds is 3. The molecule has 1 heterocycles. The Morgan fingerprint density at radius 3 is 2.64 bits per heavy atom. The van der Waals surface area contributed by atoms with E-state index in [0.717, 1.165) is 0 Å². The molecule has 1 aromatic carbocycles. The molecular weight excluding hydrogens is 388 g/mol. The summed E-state index contributed by atoms with van der Waals surface area (Å²) in [7, 11) is 0. The van der Waals surface area contributed by atoms with Gasteiger partial charge in [-0.3, -0.25) is 5.32 Å². The van der Waals surface area contributed by atoms with Gasteiger partial charge in [0.25, 0.3) is 0 Å². The lowest BCUT2D eigenvalue weighted by molar-refractivity contribution is 0.0326. The zero-order valence-corrected chi connectivity index (χ0v) is 16.6. The lowest BCUT2D eigenvalue weighted by Crippen LogP contribution is -2.61. The number of nitrogens with zero attached hydrogens (tertiary/aromatic N) is 1. The highest BCUT2D eigenvalue weighted by Gasteiger charge is 2.45. The second-order valence-electron chi connectivity index (χ2n) is 7.50. The molecule has 0 aromatic heterocycles. The molecular formula is C18H23ClN4O5. The smallest absolute Gasteiger partial charge is 0.412 e. The van der Waals surface area contributed by atoms with Gasteiger partial charge in [-0.1, -0.05) is 11.6 Å². The van der Waals surface area contributed by atoms with Crippen LogP contribution in [0.3, 0.4) is 0 Å². The minimum atomic E-state index is -1.44. The van der Waals surface area contributed by atoms with Crippen molar-refractivity contribution in [3.63, 3.8) is 0 Å². The van der Waals surface area contributed by atoms with Crippen LogP contribution in [0.1, 0.15) is 38.3 Å². The number of hydrogen-bond donors (Lipinski definition) is 5. The summed E-state index contributed by atoms with van der Waals surface area (Å²) in [6, 6.07) is 4.73. The second kappa shape index (κ2) is 8.22. The molecule has 1 aromatic rings. The number of benzene rings is 1. The van der Waals surface area contributed by atoms with Crippen LogP contribution >= 0.6 is 11.6 Å². The van der Waals surface area contributed by atoms with E-state index in [1.807, 2.05) is 6.07 Å². The summed E-state index contributed by atoms with van der Waals surface area (Å²) in [4.78, 5) is 23.6. The van der Waals surface area contributed by atoms with Crippen molar-refractivity contribution in [2.75, 3.05) is 18.4 Å². The fourth-order valence-electron chi connectivity index (χ4n) is 3.10. The van der Waals surface area contributed by atoms with Crippen LogP contribution < -0.4 is 16.0 Å². The average molecular weight is 411 g/mol. The van der Waals surface area contributed by atoms with E-state index in [1.165, 1.54) is 12.1 Å². The Kier molecular flexibility index (Phi) is 6.39. The molecule has 5 N–H and O–H groups in total. The molecule has 0 radical (unpaired) electrons. The van der Waals surface area contributed by atoms with Crippen LogP contribution in [0.25, 0.3) is 0 Å². The third-order valence-electron chi connectivity index (χ3n) is 4.25. The Labute approximate surface area is 167 Å². The van der Waals surface area contributed by atoms with Crippen LogP contribution in [0.2, 0.25) is 5.02 Å². The number of nitriles is 1. The summed E-state index contributed by atoms with van der Waals surface area (Å²) in [5.41, 5.74) is -1.75. The van der Waals surface area contributed by atoms with E-state index in [-0.39, 0.29) is 34.8 Å². The second-order valence-corrected chi connectivity index (χ2v) is 7.87. The standard InChI is InChI=1S/C18H23ClN4O5/c1-17(2,3)28-16(27)22-12-7-10(8-20)6-11(14(12)19)18(23-15(25)26)4-5-21-9-13(18)24/h6-7,13,21,23-24H,4-5,9H2,1-3H3,(H,22,27)(H,25,26)/t13-,18-/m1/s1. The molecule has 0 aliphatic carbocycles. The van der Waals surface area contributed by atoms with Crippen molar-refractivity contribution in [2.45, 2.75) is 44.4 Å². The maximum Gasteiger partial charge on any atom is 0.412 e. The zero-order valence-electron chi connectivity index (χ0n) is 15.8. The van der Waals surface area contributed by atoms with Crippen molar-refractivity contribution in [3.8, 4) is 6.07 Å². The Bertz CT molecular complexity index is 817. The first kappa shape index (κ1) is 21.8. The van der Waals surface area contributed by atoms with Crippen LogP contribution in [-0.4, -0.2) is 47.2 Å². The molecule has 0 unspecified atom stereocenters. The molecule has 1 aliphatic rings. The van der Waals surface area contributed by atoms with Gasteiger partial charge >= 0.3 is 12.2 Å². The number of ether oxygens (including phenoxy) is 1. The normalized spacial score (nSPS) is 22.1. The maximum absolute atomic E-state index is 12.1. The van der Waals surface area contributed by atoms with Crippen LogP contribution in [0.4, 0.5) is 15.3 Å². The lowest BCUT2D eigenvalue weighted by atomic mass is 9.78. The van der Waals surface area contributed by atoms with Crippen molar-refractivity contribution in [3.05, 3.63) is 28.3 Å². The highest BCUT2D eigenvalue weighted by Crippen LogP contribution is 2.40. The van der Waals surface area contributed by atoms with Crippen LogP contribution in [0.5, 0.6) is 0 Å². The Morgan fingerprint density at radius 1 is 1.43 bits per heavy atom. The Balaban J connectivity index is 2.55. The first-order chi connectivity index (χ1) is 13.0. The van der Waals surface area contributed by atoms with E-state index in [0.29, 0.717) is 6.54 Å². The molecule has 28 heavy (non-hydrogen) atoms. The highest BCUT2D eigenvalue weighted by atomic mass is 35.5. The number of aliphatic hydroxyl groups is 1. The van der Waals surface area contributed by atoms with Gasteiger partial charge in [0.1, 0.15) is 5.60 Å². The van der Waals surface area contributed by atoms with Crippen molar-refractivity contribution < 1.29 is 24.5 Å². The molecule has 2 amide bonds. The van der Waals surface area contributed by atoms with Crippen LogP contribution in [0, 0.1) is 11.3 Å². The first-order valence-electron chi connectivity index (χ1n) is 8.62. The maximum atomic E-state index is 12.1. The van der Waals surface area contributed by atoms with E-state index in [1.54, 1.807) is 20.8 Å². The van der Waals surface area contributed by atoms with E-state index >= 15 is 0 Å². The van der Waals surface area contributed by atoms with Gasteiger partial charge in [0, 0.05) is 12.1 Å². The molecule has 10 heteroatoms. The van der Waals surface area contributed by atoms with E-state index < -0.39 is 29.4 Å². The summed E-state index contributed by atoms with van der Waals surface area (Å²) in [5, 5.41) is 37.1. The molecule has 2 rings (SSSR count). The first-order valence-corrected chi connectivity index (χ1v) is 9.00. The molecule has 9 nitrogen and oxygen atoms in total. The summed E-state index contributed by atoms with van der Waals surface area (Å²) in [6.45, 7) is 5.63. The van der Waals surface area contributed by atoms with Gasteiger partial charge in [-0.15, -0.1) is 0 Å². The number of nitrogens with one attached hydrogen (secondary N) is 3. The summed E-state index contributed by atoms with van der Waals surface area (Å²) in [5.74, 6) is 0. The number of carbonyl (C=O) groups excluding carboxylic acids is 1. The molecule has 0 bridgehead atoms. The molecule has 152 valence electrons. The Morgan fingerprint density at radius 2 is 2.11 bits per heavy atom. The SMILES string of the molecule is CC(C)(C)OC(=O)Nc1cc(C#N)cc([C@]2(NC(=O)O)CCNC[C@H]2O)c1Cl. The quantitative estimate of drug-likeness (QED) is 0.514. The van der Waals surface area contributed by atoms with Crippen molar-refractivity contribution in [2.24, 2.45) is 0 Å². The fraction of sp³-hybridized carbons (Fsp3) is 0.500. The zero-order chi connectivity index (χ0) is 21.1. The number of halogens is 1. The van der Waals surface area contributed by atoms with Crippen molar-refractivity contribution >= 4 is 29.5 Å². The summed E-state index contributed by atoms with van der Waals surface area (Å²) in [6.07, 6.45) is -3.07. The number of hydrogen-bond acceptors (Lipinski definition) is 6. The van der Waals surface area contributed by atoms with E-state index in [9.17, 15) is 25.1 Å². The summed E-state index contributed by atoms with van der Waals surface area (Å²) >= 11 is 6.48. The number of β-amino-alcohol motifs (C(OH)–C–C–N with tert-alkyl or cyclic N) is 1. The van der Waals surface area contributed by atoms with Gasteiger partial charge in [-0.05, 0) is 45.9 Å². The van der Waals surface area contributed by atoms with Gasteiger partial charge in [-0.2, -0.15) is 5.26 Å². The number of aliphatic hydroxyl groups excluding tert-OH is 1. The van der Waals surface area contributed by atoms with Gasteiger partial charge in [-0.25, -0.2) is 9.59 Å². The number of carbonyl (C=O) groups is 2. The molecule has 0 saturated carbocycles. The third-order valence-corrected chi connectivity index (χ3v) is 4.66. The average Bonchev–Trinajstić information content (AvgIpc) is 2.56. The largest absolute Gasteiger partial charge is 0.465 e. The lowest BCUT2D eigenvalue weighted by Gasteiger charge is -2.42. The monoisotopic (exact) mass is 410 g/mol. The fourth-order valence-corrected chi connectivity index (χ4v) is 3.43. The predicted molar refractivity (Wildman–Crippen MR) is 102 cm³/mol. The molecule has 0 spiro atoms. The number of amides is 2. The summed E-state index contributed by atoms with van der Waals surface area (Å²) < 4.78 is 5.21. The van der Waals surface area contributed by atoms with Gasteiger partial charge in [0.2, 0.25) is 0 Å². The third kappa shape index (κ3) is 4.84. The van der Waals surface area contributed by atoms with Gasteiger partial charge < -0.3 is 25.6 Å². The van der Waals surface area contributed by atoms with Gasteiger partial charge in [0.15, 0.2) is 0 Å². The Hall–Kier alpha value is -2.54. The van der Waals surface area contributed by atoms with Crippen LogP contribution in [0.15, 0.2) is 12.1 Å². The van der Waals surface area contributed by atoms with Crippen molar-refractivity contribution in [1.29, 1.82) is 5.26 Å². The number of anilines is 1. The topological polar surface area (TPSA) is 144 Å². The molecule has 1 saturated heterocycles. The molecule has 2 atom stereocenters. The number of carboxylic acid groups (broad SMARTS) is 1. The highest BCUT2D eigenvalue weighted by molar-refractivity contribution is 6.34. The van der Waals surface area contributed by atoms with E-state index in [2.05, 4.69) is 16.0 Å². The minimum absolute atomic E-state index is 0.0135. The van der Waals surface area contributed by atoms with E-state index in [4.69, 9.17) is 16.3 Å².